The summed E-state index contributed by atoms with van der Waals surface area (Å²) in [7, 11) is 1.85. The van der Waals surface area contributed by atoms with E-state index in [1.807, 2.05) is 62.7 Å². The molecule has 6 nitrogen and oxygen atoms in total. The predicted octanol–water partition coefficient (Wildman–Crippen LogP) is 4.96. The van der Waals surface area contributed by atoms with Crippen LogP contribution in [-0.4, -0.2) is 26.4 Å². The molecular formula is C21H23ClN4O2S. The van der Waals surface area contributed by atoms with Crippen LogP contribution < -0.4 is 10.1 Å². The lowest BCUT2D eigenvalue weighted by atomic mass is 10.1. The van der Waals surface area contributed by atoms with Gasteiger partial charge in [-0.25, -0.2) is 0 Å². The number of nitrogens with zero attached hydrogens (tertiary/aromatic N) is 3. The fraction of sp³-hybridized carbons (Fsp3) is 0.286. The van der Waals surface area contributed by atoms with Crippen molar-refractivity contribution in [2.45, 2.75) is 32.0 Å². The molecular weight excluding hydrogens is 408 g/mol. The minimum absolute atomic E-state index is 0.0927. The van der Waals surface area contributed by atoms with Crippen molar-refractivity contribution in [3.8, 4) is 5.75 Å². The van der Waals surface area contributed by atoms with Crippen molar-refractivity contribution >= 4 is 35.0 Å². The van der Waals surface area contributed by atoms with Gasteiger partial charge in [0.15, 0.2) is 17.1 Å². The average molecular weight is 431 g/mol. The van der Waals surface area contributed by atoms with E-state index in [2.05, 4.69) is 21.6 Å². The van der Waals surface area contributed by atoms with Crippen LogP contribution in [0.1, 0.15) is 30.0 Å². The summed E-state index contributed by atoms with van der Waals surface area (Å²) in [6.45, 7) is 5.89. The minimum Gasteiger partial charge on any atom is -0.481 e. The van der Waals surface area contributed by atoms with Gasteiger partial charge in [-0.3, -0.25) is 4.79 Å². The highest BCUT2D eigenvalue weighted by molar-refractivity contribution is 7.99. The lowest BCUT2D eigenvalue weighted by Crippen LogP contribution is -2.15. The summed E-state index contributed by atoms with van der Waals surface area (Å²) in [4.78, 5) is 12.3. The Morgan fingerprint density at radius 3 is 2.59 bits per heavy atom. The molecule has 0 saturated carbocycles. The van der Waals surface area contributed by atoms with Crippen LogP contribution in [0.25, 0.3) is 0 Å². The number of hydrogen-bond donors (Lipinski definition) is 1. The van der Waals surface area contributed by atoms with Gasteiger partial charge in [0, 0.05) is 12.7 Å². The van der Waals surface area contributed by atoms with Crippen molar-refractivity contribution in [1.82, 2.24) is 14.8 Å². The summed E-state index contributed by atoms with van der Waals surface area (Å²) >= 11 is 7.48. The van der Waals surface area contributed by atoms with Crippen LogP contribution >= 0.6 is 23.4 Å². The first-order valence-corrected chi connectivity index (χ1v) is 10.5. The van der Waals surface area contributed by atoms with E-state index < -0.39 is 0 Å². The number of nitrogens with one attached hydrogen (secondary N) is 1. The van der Waals surface area contributed by atoms with Crippen molar-refractivity contribution in [1.29, 1.82) is 0 Å². The number of anilines is 1. The second kappa shape index (κ2) is 9.33. The lowest BCUT2D eigenvalue weighted by molar-refractivity contribution is -0.113. The maximum atomic E-state index is 12.3. The molecule has 152 valence electrons. The molecule has 0 fully saturated rings. The summed E-state index contributed by atoms with van der Waals surface area (Å²) in [5, 5.41) is 12.5. The van der Waals surface area contributed by atoms with E-state index in [9.17, 15) is 4.79 Å². The summed E-state index contributed by atoms with van der Waals surface area (Å²) < 4.78 is 7.74. The maximum absolute atomic E-state index is 12.3. The molecule has 2 aromatic carbocycles. The van der Waals surface area contributed by atoms with E-state index in [1.54, 1.807) is 6.07 Å². The zero-order chi connectivity index (χ0) is 21.0. The number of ether oxygens (including phenoxy) is 1. The highest BCUT2D eigenvalue weighted by Crippen LogP contribution is 2.29. The lowest BCUT2D eigenvalue weighted by Gasteiger charge is -2.15. The van der Waals surface area contributed by atoms with Crippen LogP contribution in [0, 0.1) is 13.8 Å². The molecule has 1 amide bonds. The number of rotatable bonds is 7. The number of carbonyl (C=O) groups excluding carboxylic acids is 1. The molecule has 0 bridgehead atoms. The molecule has 0 aliphatic rings. The third-order valence-corrected chi connectivity index (χ3v) is 5.54. The Morgan fingerprint density at radius 1 is 1.21 bits per heavy atom. The Morgan fingerprint density at radius 2 is 1.90 bits per heavy atom. The fourth-order valence-electron chi connectivity index (χ4n) is 2.96. The van der Waals surface area contributed by atoms with Crippen molar-refractivity contribution in [3.63, 3.8) is 0 Å². The van der Waals surface area contributed by atoms with Gasteiger partial charge in [0.25, 0.3) is 0 Å². The highest BCUT2D eigenvalue weighted by Gasteiger charge is 2.19. The Bertz CT molecular complexity index is 1000. The molecule has 3 rings (SSSR count). The minimum atomic E-state index is -0.342. The number of aromatic nitrogens is 3. The van der Waals surface area contributed by atoms with Crippen LogP contribution in [-0.2, 0) is 11.8 Å². The van der Waals surface area contributed by atoms with Crippen molar-refractivity contribution < 1.29 is 9.53 Å². The predicted molar refractivity (Wildman–Crippen MR) is 117 cm³/mol. The number of aryl methyl sites for hydroxylation is 2. The van der Waals surface area contributed by atoms with Crippen molar-refractivity contribution in [3.05, 3.63) is 64.4 Å². The molecule has 1 heterocycles. The zero-order valence-corrected chi connectivity index (χ0v) is 18.3. The monoisotopic (exact) mass is 430 g/mol. The third-order valence-electron chi connectivity index (χ3n) is 4.21. The molecule has 1 aromatic heterocycles. The zero-order valence-electron chi connectivity index (χ0n) is 16.8. The molecule has 29 heavy (non-hydrogen) atoms. The smallest absolute Gasteiger partial charge is 0.234 e. The first kappa shape index (κ1) is 21.2. The molecule has 8 heteroatoms. The number of benzene rings is 2. The van der Waals surface area contributed by atoms with E-state index in [4.69, 9.17) is 16.3 Å². The molecule has 0 aliphatic heterocycles. The highest BCUT2D eigenvalue weighted by atomic mass is 35.5. The Hall–Kier alpha value is -2.51. The summed E-state index contributed by atoms with van der Waals surface area (Å²) in [6.07, 6.45) is -0.342. The van der Waals surface area contributed by atoms with Crippen molar-refractivity contribution in [2.75, 3.05) is 11.1 Å². The quantitative estimate of drug-likeness (QED) is 0.536. The van der Waals surface area contributed by atoms with E-state index >= 15 is 0 Å². The number of para-hydroxylation sites is 1. The van der Waals surface area contributed by atoms with Gasteiger partial charge in [0.2, 0.25) is 5.91 Å². The number of amides is 1. The molecule has 0 spiro atoms. The Labute approximate surface area is 179 Å². The standard InChI is InChI=1S/C21H23ClN4O2S/c1-13-9-14(2)11-16(10-13)23-19(27)12-29-21-25-24-20(26(21)4)15(3)28-18-8-6-5-7-17(18)22/h5-11,15H,12H2,1-4H3,(H,23,27)/t15-/m0/s1. The Balaban J connectivity index is 1.60. The first-order valence-electron chi connectivity index (χ1n) is 9.15. The summed E-state index contributed by atoms with van der Waals surface area (Å²) in [6, 6.07) is 13.3. The van der Waals surface area contributed by atoms with Gasteiger partial charge in [-0.2, -0.15) is 0 Å². The largest absolute Gasteiger partial charge is 0.481 e. The van der Waals surface area contributed by atoms with Gasteiger partial charge in [-0.05, 0) is 56.2 Å². The van der Waals surface area contributed by atoms with E-state index in [1.165, 1.54) is 11.8 Å². The van der Waals surface area contributed by atoms with E-state index in [0.29, 0.717) is 21.8 Å². The first-order chi connectivity index (χ1) is 13.8. The average Bonchev–Trinajstić information content (AvgIpc) is 3.01. The second-order valence-corrected chi connectivity index (χ2v) is 8.15. The van der Waals surface area contributed by atoms with Crippen molar-refractivity contribution in [2.24, 2.45) is 7.05 Å². The number of halogens is 1. The molecule has 0 aliphatic carbocycles. The summed E-state index contributed by atoms with van der Waals surface area (Å²) in [5.74, 6) is 1.39. The van der Waals surface area contributed by atoms with E-state index in [0.717, 1.165) is 16.8 Å². The SMILES string of the molecule is Cc1cc(C)cc(NC(=O)CSc2nnc([C@H](C)Oc3ccccc3Cl)n2C)c1. The third kappa shape index (κ3) is 5.52. The van der Waals surface area contributed by atoms with Gasteiger partial charge in [0.1, 0.15) is 5.75 Å². The molecule has 0 radical (unpaired) electrons. The van der Waals surface area contributed by atoms with Gasteiger partial charge >= 0.3 is 0 Å². The van der Waals surface area contributed by atoms with Gasteiger partial charge in [-0.15, -0.1) is 10.2 Å². The molecule has 3 aromatic rings. The normalized spacial score (nSPS) is 11.9. The number of carbonyl (C=O) groups is 1. The van der Waals surface area contributed by atoms with Crippen LogP contribution in [0.5, 0.6) is 5.75 Å². The van der Waals surface area contributed by atoms with Gasteiger partial charge in [0.05, 0.1) is 10.8 Å². The fourth-order valence-corrected chi connectivity index (χ4v) is 3.86. The van der Waals surface area contributed by atoms with Gasteiger partial charge in [-0.1, -0.05) is 41.6 Å². The molecule has 1 N–H and O–H groups in total. The number of thioether (sulfide) groups is 1. The maximum Gasteiger partial charge on any atom is 0.234 e. The van der Waals surface area contributed by atoms with Crippen LogP contribution in [0.3, 0.4) is 0 Å². The topological polar surface area (TPSA) is 69.0 Å². The van der Waals surface area contributed by atoms with Gasteiger partial charge < -0.3 is 14.6 Å². The van der Waals surface area contributed by atoms with E-state index in [-0.39, 0.29) is 17.8 Å². The van der Waals surface area contributed by atoms with Crippen LogP contribution in [0.2, 0.25) is 5.02 Å². The second-order valence-electron chi connectivity index (χ2n) is 6.80. The van der Waals surface area contributed by atoms with Crippen LogP contribution in [0.15, 0.2) is 47.6 Å². The Kier molecular flexibility index (Phi) is 6.82. The van der Waals surface area contributed by atoms with Crippen LogP contribution in [0.4, 0.5) is 5.69 Å². The summed E-state index contributed by atoms with van der Waals surface area (Å²) in [5.41, 5.74) is 3.02. The molecule has 0 unspecified atom stereocenters. The molecule has 1 atom stereocenters. The number of hydrogen-bond acceptors (Lipinski definition) is 5. The molecule has 0 saturated heterocycles.